The first kappa shape index (κ1) is 13.8. The molecule has 1 aromatic carbocycles. The molecule has 1 fully saturated rings. The van der Waals surface area contributed by atoms with Crippen molar-refractivity contribution in [2.75, 3.05) is 18.0 Å². The topological polar surface area (TPSA) is 44.8 Å². The Morgan fingerprint density at radius 3 is 3.05 bits per heavy atom. The summed E-state index contributed by atoms with van der Waals surface area (Å²) in [5, 5.41) is 3.31. The Morgan fingerprint density at radius 2 is 2.23 bits per heavy atom. The molecule has 2 aromatic heterocycles. The highest BCUT2D eigenvalue weighted by Crippen LogP contribution is 2.27. The van der Waals surface area contributed by atoms with Crippen LogP contribution in [-0.4, -0.2) is 28.0 Å². The monoisotopic (exact) mass is 312 g/mol. The number of nitrogens with one attached hydrogen (secondary N) is 1. The van der Waals surface area contributed by atoms with E-state index in [9.17, 15) is 0 Å². The van der Waals surface area contributed by atoms with E-state index in [-0.39, 0.29) is 0 Å². The minimum Gasteiger partial charge on any atom is -0.348 e. The number of H-pyrrole nitrogens is 1. The van der Waals surface area contributed by atoms with Crippen LogP contribution in [0.3, 0.4) is 0 Å². The molecule has 1 N–H and O–H groups in total. The second kappa shape index (κ2) is 5.72. The van der Waals surface area contributed by atoms with Crippen LogP contribution in [0.1, 0.15) is 24.4 Å². The average molecular weight is 312 g/mol. The highest BCUT2D eigenvalue weighted by molar-refractivity contribution is 7.13. The van der Waals surface area contributed by atoms with Gasteiger partial charge in [0.2, 0.25) is 0 Å². The highest BCUT2D eigenvalue weighted by atomic mass is 32.1. The average Bonchev–Trinajstić information content (AvgIpc) is 3.13. The van der Waals surface area contributed by atoms with Crippen molar-refractivity contribution in [3.8, 4) is 0 Å². The Labute approximate surface area is 134 Å². The number of aromatic amines is 1. The van der Waals surface area contributed by atoms with Crippen LogP contribution in [0.2, 0.25) is 0 Å². The molecule has 22 heavy (non-hydrogen) atoms. The van der Waals surface area contributed by atoms with Crippen molar-refractivity contribution in [3.05, 3.63) is 41.2 Å². The van der Waals surface area contributed by atoms with Gasteiger partial charge in [0.05, 0.1) is 16.7 Å². The third-order valence-corrected chi connectivity index (χ3v) is 5.34. The second-order valence-corrected chi connectivity index (χ2v) is 6.97. The maximum atomic E-state index is 4.72. The summed E-state index contributed by atoms with van der Waals surface area (Å²) in [4.78, 5) is 15.3. The van der Waals surface area contributed by atoms with Gasteiger partial charge in [0, 0.05) is 24.9 Å². The molecule has 3 aromatic rings. The molecule has 1 aliphatic heterocycles. The summed E-state index contributed by atoms with van der Waals surface area (Å²) < 4.78 is 0. The summed E-state index contributed by atoms with van der Waals surface area (Å²) in [6, 6.07) is 8.26. The first-order chi connectivity index (χ1) is 10.8. The molecule has 1 atom stereocenters. The zero-order valence-corrected chi connectivity index (χ0v) is 13.6. The largest absolute Gasteiger partial charge is 0.348 e. The van der Waals surface area contributed by atoms with E-state index >= 15 is 0 Å². The molecule has 1 saturated heterocycles. The molecule has 0 saturated carbocycles. The number of piperidine rings is 1. The van der Waals surface area contributed by atoms with Gasteiger partial charge in [-0.1, -0.05) is 12.1 Å². The standard InChI is InChI=1S/C17H20N4S/c1-12-11-22-17(18-12)21-8-4-5-13(10-21)9-16-19-14-6-2-3-7-15(14)20-16/h2-3,6-7,11,13H,4-5,8-10H2,1H3,(H,19,20)/t13-/m1/s1. The van der Waals surface area contributed by atoms with Crippen molar-refractivity contribution in [2.24, 2.45) is 5.92 Å². The van der Waals surface area contributed by atoms with Gasteiger partial charge in [0.1, 0.15) is 5.82 Å². The lowest BCUT2D eigenvalue weighted by atomic mass is 9.95. The molecule has 114 valence electrons. The number of para-hydroxylation sites is 2. The summed E-state index contributed by atoms with van der Waals surface area (Å²) >= 11 is 1.76. The quantitative estimate of drug-likeness (QED) is 0.800. The van der Waals surface area contributed by atoms with Crippen LogP contribution in [0.5, 0.6) is 0 Å². The van der Waals surface area contributed by atoms with E-state index < -0.39 is 0 Å². The van der Waals surface area contributed by atoms with Crippen LogP contribution in [-0.2, 0) is 6.42 Å². The molecule has 0 aliphatic carbocycles. The van der Waals surface area contributed by atoms with Crippen LogP contribution in [0, 0.1) is 12.8 Å². The normalized spacial score (nSPS) is 19.0. The predicted molar refractivity (Wildman–Crippen MR) is 91.6 cm³/mol. The van der Waals surface area contributed by atoms with Gasteiger partial charge in [-0.15, -0.1) is 11.3 Å². The summed E-state index contributed by atoms with van der Waals surface area (Å²) in [7, 11) is 0. The Bertz CT molecular complexity index is 743. The third kappa shape index (κ3) is 2.73. The summed E-state index contributed by atoms with van der Waals surface area (Å²) in [5.74, 6) is 1.77. The Balaban J connectivity index is 1.48. The number of aryl methyl sites for hydroxylation is 1. The van der Waals surface area contributed by atoms with Crippen molar-refractivity contribution in [1.82, 2.24) is 15.0 Å². The van der Waals surface area contributed by atoms with Gasteiger partial charge in [-0.3, -0.25) is 0 Å². The van der Waals surface area contributed by atoms with E-state index in [0.717, 1.165) is 42.1 Å². The zero-order chi connectivity index (χ0) is 14.9. The molecule has 3 heterocycles. The highest BCUT2D eigenvalue weighted by Gasteiger charge is 2.23. The maximum absolute atomic E-state index is 4.72. The number of rotatable bonds is 3. The second-order valence-electron chi connectivity index (χ2n) is 6.13. The van der Waals surface area contributed by atoms with Gasteiger partial charge in [0.25, 0.3) is 0 Å². The number of benzene rings is 1. The van der Waals surface area contributed by atoms with E-state index in [2.05, 4.69) is 45.4 Å². The minimum atomic E-state index is 0.651. The molecule has 0 amide bonds. The first-order valence-corrected chi connectivity index (χ1v) is 8.76. The van der Waals surface area contributed by atoms with E-state index in [4.69, 9.17) is 4.98 Å². The van der Waals surface area contributed by atoms with Crippen molar-refractivity contribution >= 4 is 27.5 Å². The van der Waals surface area contributed by atoms with Crippen molar-refractivity contribution in [3.63, 3.8) is 0 Å². The lowest BCUT2D eigenvalue weighted by molar-refractivity contribution is 0.407. The Hall–Kier alpha value is -1.88. The third-order valence-electron chi connectivity index (χ3n) is 4.32. The summed E-state index contributed by atoms with van der Waals surface area (Å²) in [5.41, 5.74) is 3.33. The first-order valence-electron chi connectivity index (χ1n) is 7.88. The van der Waals surface area contributed by atoms with Gasteiger partial charge in [-0.05, 0) is 37.8 Å². The predicted octanol–water partition coefficient (Wildman–Crippen LogP) is 3.79. The van der Waals surface area contributed by atoms with E-state index in [0.29, 0.717) is 5.92 Å². The van der Waals surface area contributed by atoms with Crippen LogP contribution < -0.4 is 4.90 Å². The van der Waals surface area contributed by atoms with Gasteiger partial charge in [-0.2, -0.15) is 0 Å². The number of aromatic nitrogens is 3. The van der Waals surface area contributed by atoms with E-state index in [1.54, 1.807) is 11.3 Å². The van der Waals surface area contributed by atoms with Crippen molar-refractivity contribution < 1.29 is 0 Å². The number of imidazole rings is 1. The molecule has 4 nitrogen and oxygen atoms in total. The lowest BCUT2D eigenvalue weighted by Crippen LogP contribution is -2.36. The molecular formula is C17H20N4S. The van der Waals surface area contributed by atoms with Crippen LogP contribution >= 0.6 is 11.3 Å². The van der Waals surface area contributed by atoms with E-state index in [1.807, 2.05) is 6.07 Å². The Morgan fingerprint density at radius 1 is 1.32 bits per heavy atom. The summed E-state index contributed by atoms with van der Waals surface area (Å²) in [6.45, 7) is 4.28. The lowest BCUT2D eigenvalue weighted by Gasteiger charge is -2.32. The number of anilines is 1. The smallest absolute Gasteiger partial charge is 0.185 e. The van der Waals surface area contributed by atoms with Crippen LogP contribution in [0.4, 0.5) is 5.13 Å². The van der Waals surface area contributed by atoms with Gasteiger partial charge < -0.3 is 9.88 Å². The van der Waals surface area contributed by atoms with Gasteiger partial charge in [0.15, 0.2) is 5.13 Å². The van der Waals surface area contributed by atoms with Crippen molar-refractivity contribution in [1.29, 1.82) is 0 Å². The molecular weight excluding hydrogens is 292 g/mol. The number of nitrogens with zero attached hydrogens (tertiary/aromatic N) is 3. The maximum Gasteiger partial charge on any atom is 0.185 e. The fraction of sp³-hybridized carbons (Fsp3) is 0.412. The number of fused-ring (bicyclic) bond motifs is 1. The van der Waals surface area contributed by atoms with Crippen molar-refractivity contribution in [2.45, 2.75) is 26.2 Å². The molecule has 0 radical (unpaired) electrons. The number of thiazole rings is 1. The molecule has 4 rings (SSSR count). The Kier molecular flexibility index (Phi) is 3.58. The fourth-order valence-corrected chi connectivity index (χ4v) is 4.11. The molecule has 0 bridgehead atoms. The summed E-state index contributed by atoms with van der Waals surface area (Å²) in [6.07, 6.45) is 3.54. The molecule has 5 heteroatoms. The van der Waals surface area contributed by atoms with E-state index in [1.165, 1.54) is 18.0 Å². The number of hydrogen-bond acceptors (Lipinski definition) is 4. The fourth-order valence-electron chi connectivity index (χ4n) is 3.27. The van der Waals surface area contributed by atoms with Gasteiger partial charge in [-0.25, -0.2) is 9.97 Å². The van der Waals surface area contributed by atoms with Crippen LogP contribution in [0.15, 0.2) is 29.6 Å². The zero-order valence-electron chi connectivity index (χ0n) is 12.7. The molecule has 0 unspecified atom stereocenters. The van der Waals surface area contributed by atoms with Gasteiger partial charge >= 0.3 is 0 Å². The molecule has 1 aliphatic rings. The SMILES string of the molecule is Cc1csc(N2CCC[C@H](Cc3nc4ccccc4[nH]3)C2)n1. The molecule has 0 spiro atoms. The van der Waals surface area contributed by atoms with Crippen LogP contribution in [0.25, 0.3) is 11.0 Å². The minimum absolute atomic E-state index is 0.651. The number of hydrogen-bond donors (Lipinski definition) is 1.